The number of carbonyl (C=O) groups is 2. The molecule has 0 saturated carbocycles. The van der Waals surface area contributed by atoms with Gasteiger partial charge in [-0.3, -0.25) is 9.59 Å². The van der Waals surface area contributed by atoms with Gasteiger partial charge in [0.25, 0.3) is 0 Å². The topological polar surface area (TPSA) is 83.6 Å². The molecule has 0 saturated heterocycles. The second kappa shape index (κ2) is 5.37. The van der Waals surface area contributed by atoms with Gasteiger partial charge in [0.2, 0.25) is 5.91 Å². The van der Waals surface area contributed by atoms with Crippen molar-refractivity contribution in [1.29, 1.82) is 0 Å². The summed E-state index contributed by atoms with van der Waals surface area (Å²) < 4.78 is 0. The molecule has 0 rings (SSSR count). The highest BCUT2D eigenvalue weighted by Gasteiger charge is 2.22. The Balaban J connectivity index is 4.43. The van der Waals surface area contributed by atoms with E-state index in [9.17, 15) is 9.59 Å². The summed E-state index contributed by atoms with van der Waals surface area (Å²) in [6.07, 6.45) is 5.11. The summed E-state index contributed by atoms with van der Waals surface area (Å²) >= 11 is 0. The molecule has 0 spiro atoms. The van der Waals surface area contributed by atoms with E-state index in [1.54, 1.807) is 13.8 Å². The zero-order chi connectivity index (χ0) is 12.1. The molecule has 1 amide bonds. The SMILES string of the molecule is C#CCN(CC(=O)O)C(=O)CC(C)(C)N. The van der Waals surface area contributed by atoms with Gasteiger partial charge >= 0.3 is 5.97 Å². The average molecular weight is 212 g/mol. The molecular weight excluding hydrogens is 196 g/mol. The van der Waals surface area contributed by atoms with Gasteiger partial charge in [0.05, 0.1) is 6.54 Å². The van der Waals surface area contributed by atoms with E-state index in [4.69, 9.17) is 17.3 Å². The van der Waals surface area contributed by atoms with Crippen molar-refractivity contribution in [3.8, 4) is 12.3 Å². The first kappa shape index (κ1) is 13.5. The van der Waals surface area contributed by atoms with Gasteiger partial charge in [-0.05, 0) is 13.8 Å². The van der Waals surface area contributed by atoms with Crippen molar-refractivity contribution in [2.75, 3.05) is 13.1 Å². The van der Waals surface area contributed by atoms with Crippen molar-refractivity contribution >= 4 is 11.9 Å². The third kappa shape index (κ3) is 6.52. The van der Waals surface area contributed by atoms with Gasteiger partial charge in [0, 0.05) is 12.0 Å². The van der Waals surface area contributed by atoms with Gasteiger partial charge in [-0.2, -0.15) is 0 Å². The van der Waals surface area contributed by atoms with E-state index in [1.807, 2.05) is 0 Å². The highest BCUT2D eigenvalue weighted by molar-refractivity contribution is 5.82. The Morgan fingerprint density at radius 1 is 1.53 bits per heavy atom. The van der Waals surface area contributed by atoms with Crippen LogP contribution in [0.25, 0.3) is 0 Å². The lowest BCUT2D eigenvalue weighted by Gasteiger charge is -2.23. The van der Waals surface area contributed by atoms with Crippen LogP contribution < -0.4 is 5.73 Å². The minimum Gasteiger partial charge on any atom is -0.480 e. The molecule has 0 aromatic heterocycles. The largest absolute Gasteiger partial charge is 0.480 e. The molecule has 0 bridgehead atoms. The molecule has 3 N–H and O–H groups in total. The minimum atomic E-state index is -1.09. The molecule has 0 aliphatic heterocycles. The number of hydrogen-bond donors (Lipinski definition) is 2. The molecule has 0 unspecified atom stereocenters. The summed E-state index contributed by atoms with van der Waals surface area (Å²) in [5, 5.41) is 8.56. The van der Waals surface area contributed by atoms with Crippen LogP contribution in [-0.2, 0) is 9.59 Å². The summed E-state index contributed by atoms with van der Waals surface area (Å²) in [5.74, 6) is 0.807. The number of hydrogen-bond acceptors (Lipinski definition) is 3. The Morgan fingerprint density at radius 3 is 2.40 bits per heavy atom. The predicted molar refractivity (Wildman–Crippen MR) is 55.9 cm³/mol. The van der Waals surface area contributed by atoms with E-state index in [2.05, 4.69) is 5.92 Å². The lowest BCUT2D eigenvalue weighted by molar-refractivity contribution is -0.144. The molecular formula is C10H16N2O3. The first-order valence-corrected chi connectivity index (χ1v) is 4.48. The van der Waals surface area contributed by atoms with Gasteiger partial charge < -0.3 is 15.7 Å². The van der Waals surface area contributed by atoms with E-state index < -0.39 is 11.5 Å². The fourth-order valence-electron chi connectivity index (χ4n) is 1.01. The number of carboxylic acid groups (broad SMARTS) is 1. The third-order valence-electron chi connectivity index (χ3n) is 1.57. The highest BCUT2D eigenvalue weighted by atomic mass is 16.4. The van der Waals surface area contributed by atoms with E-state index in [0.717, 1.165) is 4.90 Å². The number of nitrogens with two attached hydrogens (primary N) is 1. The summed E-state index contributed by atoms with van der Waals surface area (Å²) in [4.78, 5) is 23.1. The van der Waals surface area contributed by atoms with Gasteiger partial charge in [0.1, 0.15) is 6.54 Å². The maximum Gasteiger partial charge on any atom is 0.323 e. The van der Waals surface area contributed by atoms with Crippen LogP contribution in [0.1, 0.15) is 20.3 Å². The van der Waals surface area contributed by atoms with E-state index in [0.29, 0.717) is 0 Å². The molecule has 0 fully saturated rings. The van der Waals surface area contributed by atoms with Gasteiger partial charge in [-0.25, -0.2) is 0 Å². The maximum atomic E-state index is 11.6. The average Bonchev–Trinajstić information content (AvgIpc) is 1.99. The van der Waals surface area contributed by atoms with E-state index in [1.165, 1.54) is 0 Å². The van der Waals surface area contributed by atoms with Gasteiger partial charge in [-0.15, -0.1) is 6.42 Å². The zero-order valence-corrected chi connectivity index (χ0v) is 8.99. The number of carboxylic acids is 1. The second-order valence-corrected chi connectivity index (χ2v) is 4.01. The molecule has 0 atom stereocenters. The Bertz CT molecular complexity index is 286. The van der Waals surface area contributed by atoms with Crippen molar-refractivity contribution < 1.29 is 14.7 Å². The number of rotatable bonds is 5. The summed E-state index contributed by atoms with van der Waals surface area (Å²) in [6, 6.07) is 0. The van der Waals surface area contributed by atoms with Crippen LogP contribution in [0.5, 0.6) is 0 Å². The number of terminal acetylenes is 1. The summed E-state index contributed by atoms with van der Waals surface area (Å²) in [7, 11) is 0. The van der Waals surface area contributed by atoms with Gasteiger partial charge in [-0.1, -0.05) is 5.92 Å². The first-order valence-electron chi connectivity index (χ1n) is 4.48. The maximum absolute atomic E-state index is 11.6. The molecule has 0 aromatic rings. The molecule has 84 valence electrons. The Labute approximate surface area is 89.2 Å². The van der Waals surface area contributed by atoms with Crippen LogP contribution in [-0.4, -0.2) is 40.5 Å². The zero-order valence-electron chi connectivity index (χ0n) is 8.99. The molecule has 0 aliphatic rings. The molecule has 15 heavy (non-hydrogen) atoms. The summed E-state index contributed by atoms with van der Waals surface area (Å²) in [6.45, 7) is 2.99. The fraction of sp³-hybridized carbons (Fsp3) is 0.600. The lowest BCUT2D eigenvalue weighted by atomic mass is 10.0. The van der Waals surface area contributed by atoms with Crippen LogP contribution in [0.2, 0.25) is 0 Å². The molecule has 0 aromatic carbocycles. The fourth-order valence-corrected chi connectivity index (χ4v) is 1.01. The number of nitrogens with zero attached hydrogens (tertiary/aromatic N) is 1. The van der Waals surface area contributed by atoms with Crippen molar-refractivity contribution in [1.82, 2.24) is 4.90 Å². The molecule has 0 radical (unpaired) electrons. The van der Waals surface area contributed by atoms with Crippen molar-refractivity contribution in [2.24, 2.45) is 5.73 Å². The quantitative estimate of drug-likeness (QED) is 0.611. The Kier molecular flexibility index (Phi) is 4.82. The monoisotopic (exact) mass is 212 g/mol. The number of aliphatic carboxylic acids is 1. The third-order valence-corrected chi connectivity index (χ3v) is 1.57. The molecule has 5 heteroatoms. The molecule has 0 aliphatic carbocycles. The first-order chi connectivity index (χ1) is 6.76. The van der Waals surface area contributed by atoms with Crippen LogP contribution >= 0.6 is 0 Å². The van der Waals surface area contributed by atoms with Crippen LogP contribution in [0.15, 0.2) is 0 Å². The normalized spacial score (nSPS) is 10.5. The summed E-state index contributed by atoms with van der Waals surface area (Å²) in [5.41, 5.74) is 4.99. The predicted octanol–water partition coefficient (Wildman–Crippen LogP) is -0.340. The Hall–Kier alpha value is -1.54. The second-order valence-electron chi connectivity index (χ2n) is 4.01. The molecule has 0 heterocycles. The lowest BCUT2D eigenvalue weighted by Crippen LogP contribution is -2.43. The standard InChI is InChI=1S/C10H16N2O3/c1-4-5-12(7-9(14)15)8(13)6-10(2,3)11/h1H,5-7,11H2,2-3H3,(H,14,15). The van der Waals surface area contributed by atoms with Crippen LogP contribution in [0, 0.1) is 12.3 Å². The number of carbonyl (C=O) groups excluding carboxylic acids is 1. The van der Waals surface area contributed by atoms with E-state index >= 15 is 0 Å². The Morgan fingerprint density at radius 2 is 2.07 bits per heavy atom. The smallest absolute Gasteiger partial charge is 0.323 e. The number of amides is 1. The van der Waals surface area contributed by atoms with Gasteiger partial charge in [0.15, 0.2) is 0 Å². The van der Waals surface area contributed by atoms with Crippen molar-refractivity contribution in [3.63, 3.8) is 0 Å². The van der Waals surface area contributed by atoms with Crippen molar-refractivity contribution in [3.05, 3.63) is 0 Å². The molecule has 5 nitrogen and oxygen atoms in total. The van der Waals surface area contributed by atoms with Crippen LogP contribution in [0.3, 0.4) is 0 Å². The van der Waals surface area contributed by atoms with E-state index in [-0.39, 0.29) is 25.4 Å². The highest BCUT2D eigenvalue weighted by Crippen LogP contribution is 2.06. The van der Waals surface area contributed by atoms with Crippen LogP contribution in [0.4, 0.5) is 0 Å². The minimum absolute atomic E-state index is 0.0127. The van der Waals surface area contributed by atoms with Crippen molar-refractivity contribution in [2.45, 2.75) is 25.8 Å².